The van der Waals surface area contributed by atoms with Gasteiger partial charge >= 0.3 is 13.8 Å². The zero-order chi connectivity index (χ0) is 33.5. The highest BCUT2D eigenvalue weighted by Crippen LogP contribution is 2.43. The van der Waals surface area contributed by atoms with Crippen LogP contribution in [0.3, 0.4) is 0 Å². The molecule has 0 bridgehead atoms. The molecule has 0 aliphatic carbocycles. The number of carbonyl (C=O) groups excluding carboxylic acids is 1. The van der Waals surface area contributed by atoms with Crippen LogP contribution < -0.4 is 0 Å². The third-order valence-corrected chi connectivity index (χ3v) is 8.81. The van der Waals surface area contributed by atoms with E-state index in [-0.39, 0.29) is 25.8 Å². The van der Waals surface area contributed by atoms with Crippen molar-refractivity contribution in [3.8, 4) is 0 Å². The summed E-state index contributed by atoms with van der Waals surface area (Å²) in [6, 6.07) is 0. The van der Waals surface area contributed by atoms with Gasteiger partial charge in [-0.25, -0.2) is 4.57 Å². The van der Waals surface area contributed by atoms with E-state index in [1.807, 2.05) is 21.1 Å². The molecule has 9 heteroatoms. The average molecular weight is 663 g/mol. The second-order valence-electron chi connectivity index (χ2n) is 13.6. The monoisotopic (exact) mass is 663 g/mol. The van der Waals surface area contributed by atoms with Crippen molar-refractivity contribution in [3.63, 3.8) is 0 Å². The third kappa shape index (κ3) is 34.4. The first kappa shape index (κ1) is 44.2. The molecule has 2 unspecified atom stereocenters. The van der Waals surface area contributed by atoms with Crippen LogP contribution in [0, 0.1) is 0 Å². The minimum Gasteiger partial charge on any atom is -0.457 e. The van der Waals surface area contributed by atoms with Crippen molar-refractivity contribution < 1.29 is 37.3 Å². The first-order valence-electron chi connectivity index (χ1n) is 18.4. The number of hydrogen-bond acceptors (Lipinski definition) is 6. The average Bonchev–Trinajstić information content (AvgIpc) is 2.98. The number of ether oxygens (including phenoxy) is 2. The Bertz CT molecular complexity index is 741. The van der Waals surface area contributed by atoms with Crippen molar-refractivity contribution in [1.29, 1.82) is 0 Å². The molecule has 0 aliphatic heterocycles. The van der Waals surface area contributed by atoms with Gasteiger partial charge in [-0.2, -0.15) is 0 Å². The molecule has 0 aromatic carbocycles. The predicted molar refractivity (Wildman–Crippen MR) is 187 cm³/mol. The first-order valence-corrected chi connectivity index (χ1v) is 19.9. The van der Waals surface area contributed by atoms with Crippen molar-refractivity contribution >= 4 is 13.8 Å². The van der Waals surface area contributed by atoms with Crippen molar-refractivity contribution in [1.82, 2.24) is 0 Å². The Morgan fingerprint density at radius 1 is 0.667 bits per heavy atom. The summed E-state index contributed by atoms with van der Waals surface area (Å²) in [6.07, 6.45) is 29.4. The molecular weight excluding hydrogens is 589 g/mol. The van der Waals surface area contributed by atoms with E-state index in [1.165, 1.54) is 89.9 Å². The number of likely N-dealkylation sites (N-methyl/N-ethyl adjacent to an activating group) is 1. The molecule has 0 spiro atoms. The third-order valence-electron chi connectivity index (χ3n) is 7.83. The highest BCUT2D eigenvalue weighted by Gasteiger charge is 2.26. The molecule has 268 valence electrons. The van der Waals surface area contributed by atoms with E-state index in [0.29, 0.717) is 24.1 Å². The Morgan fingerprint density at radius 3 is 1.73 bits per heavy atom. The summed E-state index contributed by atoms with van der Waals surface area (Å²) in [5, 5.41) is 0. The van der Waals surface area contributed by atoms with Crippen molar-refractivity contribution in [3.05, 3.63) is 12.2 Å². The van der Waals surface area contributed by atoms with Gasteiger partial charge in [0.15, 0.2) is 0 Å². The zero-order valence-corrected chi connectivity index (χ0v) is 31.0. The minimum absolute atomic E-state index is 0.0896. The van der Waals surface area contributed by atoms with Crippen LogP contribution in [0.4, 0.5) is 0 Å². The van der Waals surface area contributed by atoms with E-state index >= 15 is 0 Å². The summed E-state index contributed by atoms with van der Waals surface area (Å²) in [7, 11) is 1.67. The standard InChI is InChI=1S/C36H72NO7P/c1-6-8-10-12-14-16-18-19-21-23-25-27-29-36(38)44-35(34-43-45(39,40)42-32-30-37(3,4)5)33-41-31-28-26-24-22-20-17-15-13-11-9-7-2/h14,16,35H,6-13,15,17-34H2,1-5H3/p+1/b16-14-. The number of esters is 1. The highest BCUT2D eigenvalue weighted by atomic mass is 31.2. The molecule has 8 nitrogen and oxygen atoms in total. The number of phosphoric acid groups is 1. The van der Waals surface area contributed by atoms with Gasteiger partial charge in [0.25, 0.3) is 0 Å². The Hall–Kier alpha value is -0.760. The Morgan fingerprint density at radius 2 is 1.16 bits per heavy atom. The molecule has 0 heterocycles. The lowest BCUT2D eigenvalue weighted by Gasteiger charge is -2.24. The maximum atomic E-state index is 12.6. The van der Waals surface area contributed by atoms with Crippen LogP contribution in [0.15, 0.2) is 12.2 Å². The quantitative estimate of drug-likeness (QED) is 0.0241. The van der Waals surface area contributed by atoms with E-state index in [4.69, 9.17) is 18.5 Å². The van der Waals surface area contributed by atoms with Gasteiger partial charge in [-0.15, -0.1) is 0 Å². The van der Waals surface area contributed by atoms with Crippen LogP contribution in [-0.4, -0.2) is 75.6 Å². The summed E-state index contributed by atoms with van der Waals surface area (Å²) in [5.41, 5.74) is 0. The molecule has 0 aromatic heterocycles. The molecule has 0 amide bonds. The SMILES string of the molecule is CCCCC/C=C\CCCCCCCC(=O)OC(COCCCCCCCCCCCCC)COP(=O)(O)OCC[N+](C)(C)C. The lowest BCUT2D eigenvalue weighted by atomic mass is 10.1. The molecule has 0 aliphatic rings. The second-order valence-corrected chi connectivity index (χ2v) is 15.1. The fraction of sp³-hybridized carbons (Fsp3) is 0.917. The minimum atomic E-state index is -4.26. The van der Waals surface area contributed by atoms with Crippen LogP contribution in [0.1, 0.15) is 155 Å². The number of allylic oxidation sites excluding steroid dienone is 2. The van der Waals surface area contributed by atoms with E-state index in [9.17, 15) is 14.3 Å². The smallest absolute Gasteiger partial charge is 0.457 e. The van der Waals surface area contributed by atoms with Gasteiger partial charge < -0.3 is 18.9 Å². The first-order chi connectivity index (χ1) is 21.6. The number of nitrogens with zero attached hydrogens (tertiary/aromatic N) is 1. The fourth-order valence-electron chi connectivity index (χ4n) is 4.90. The molecule has 1 N–H and O–H groups in total. The molecule has 0 saturated carbocycles. The van der Waals surface area contributed by atoms with Gasteiger partial charge in [0, 0.05) is 13.0 Å². The van der Waals surface area contributed by atoms with Gasteiger partial charge in [-0.1, -0.05) is 122 Å². The number of unbranched alkanes of at least 4 members (excludes halogenated alkanes) is 18. The van der Waals surface area contributed by atoms with Gasteiger partial charge in [0.1, 0.15) is 19.3 Å². The van der Waals surface area contributed by atoms with Crippen molar-refractivity contribution in [2.45, 2.75) is 161 Å². The molecule has 0 fully saturated rings. The van der Waals surface area contributed by atoms with Gasteiger partial charge in [-0.3, -0.25) is 13.8 Å². The van der Waals surface area contributed by atoms with E-state index in [1.54, 1.807) is 0 Å². The Kier molecular flexibility index (Phi) is 30.0. The zero-order valence-electron chi connectivity index (χ0n) is 30.1. The van der Waals surface area contributed by atoms with Crippen molar-refractivity contribution in [2.75, 3.05) is 54.1 Å². The summed E-state index contributed by atoms with van der Waals surface area (Å²) in [5.74, 6) is -0.323. The summed E-state index contributed by atoms with van der Waals surface area (Å²) < 4.78 is 34.8. The van der Waals surface area contributed by atoms with Crippen LogP contribution in [0.5, 0.6) is 0 Å². The van der Waals surface area contributed by atoms with Crippen molar-refractivity contribution in [2.24, 2.45) is 0 Å². The predicted octanol–water partition coefficient (Wildman–Crippen LogP) is 9.93. The van der Waals surface area contributed by atoms with Crippen LogP contribution in [0.2, 0.25) is 0 Å². The van der Waals surface area contributed by atoms with Crippen LogP contribution in [-0.2, 0) is 27.9 Å². The number of hydrogen-bond donors (Lipinski definition) is 1. The number of phosphoric ester groups is 1. The molecule has 0 radical (unpaired) electrons. The highest BCUT2D eigenvalue weighted by molar-refractivity contribution is 7.47. The number of carbonyl (C=O) groups is 1. The van der Waals surface area contributed by atoms with E-state index in [0.717, 1.165) is 44.9 Å². The van der Waals surface area contributed by atoms with Crippen LogP contribution in [0.25, 0.3) is 0 Å². The number of rotatable bonds is 34. The maximum absolute atomic E-state index is 12.6. The molecule has 2 atom stereocenters. The van der Waals surface area contributed by atoms with Gasteiger partial charge in [-0.05, 0) is 38.5 Å². The molecule has 0 aromatic rings. The fourth-order valence-corrected chi connectivity index (χ4v) is 5.64. The summed E-state index contributed by atoms with van der Waals surface area (Å²) in [4.78, 5) is 22.7. The Balaban J connectivity index is 4.33. The number of quaternary nitrogens is 1. The second kappa shape index (κ2) is 30.6. The summed E-state index contributed by atoms with van der Waals surface area (Å²) in [6.45, 7) is 5.59. The molecule has 0 rings (SSSR count). The molecule has 45 heavy (non-hydrogen) atoms. The molecule has 0 saturated heterocycles. The van der Waals surface area contributed by atoms with E-state index < -0.39 is 13.9 Å². The Labute approximate surface area is 278 Å². The normalized spacial score (nSPS) is 14.2. The molecular formula is C36H73NO7P+. The van der Waals surface area contributed by atoms with E-state index in [2.05, 4.69) is 26.0 Å². The topological polar surface area (TPSA) is 91.3 Å². The lowest BCUT2D eigenvalue weighted by molar-refractivity contribution is -0.870. The van der Waals surface area contributed by atoms with Gasteiger partial charge in [0.05, 0.1) is 34.4 Å². The summed E-state index contributed by atoms with van der Waals surface area (Å²) >= 11 is 0. The lowest BCUT2D eigenvalue weighted by Crippen LogP contribution is -2.37. The van der Waals surface area contributed by atoms with Crippen LogP contribution >= 0.6 is 7.82 Å². The van der Waals surface area contributed by atoms with Gasteiger partial charge in [0.2, 0.25) is 0 Å². The largest absolute Gasteiger partial charge is 0.472 e. The maximum Gasteiger partial charge on any atom is 0.472 e.